The van der Waals surface area contributed by atoms with Gasteiger partial charge in [-0.05, 0) is 42.3 Å². The second kappa shape index (κ2) is 8.18. The fraction of sp³-hybridized carbons (Fsp3) is 0.533. The van der Waals surface area contributed by atoms with Gasteiger partial charge in [-0.2, -0.15) is 5.26 Å². The van der Waals surface area contributed by atoms with Crippen molar-refractivity contribution in [1.29, 1.82) is 5.26 Å². The van der Waals surface area contributed by atoms with E-state index >= 15 is 0 Å². The lowest BCUT2D eigenvalue weighted by molar-refractivity contribution is 0.632. The van der Waals surface area contributed by atoms with Crippen LogP contribution >= 0.6 is 11.8 Å². The quantitative estimate of drug-likeness (QED) is 0.759. The Balaban J connectivity index is 2.65. The Morgan fingerprint density at radius 3 is 2.78 bits per heavy atom. The number of nitrogens with one attached hydrogen (secondary N) is 1. The van der Waals surface area contributed by atoms with Crippen LogP contribution < -0.4 is 5.32 Å². The van der Waals surface area contributed by atoms with E-state index in [2.05, 4.69) is 44.3 Å². The normalized spacial score (nSPS) is 10.6. The molecule has 0 aliphatic heterocycles. The molecule has 0 radical (unpaired) electrons. The molecule has 1 rings (SSSR count). The maximum atomic E-state index is 9.19. The van der Waals surface area contributed by atoms with Crippen molar-refractivity contribution in [3.05, 3.63) is 29.3 Å². The molecule has 0 aliphatic carbocycles. The predicted octanol–water partition coefficient (Wildman–Crippen LogP) is 3.81. The summed E-state index contributed by atoms with van der Waals surface area (Å²) in [6.45, 7) is 8.33. The molecule has 0 unspecified atom stereocenters. The summed E-state index contributed by atoms with van der Waals surface area (Å²) in [7, 11) is 0. The van der Waals surface area contributed by atoms with Crippen molar-refractivity contribution in [2.75, 3.05) is 12.3 Å². The molecule has 1 N–H and O–H groups in total. The Labute approximate surface area is 115 Å². The number of nitrogens with zero attached hydrogens (tertiary/aromatic N) is 1. The summed E-state index contributed by atoms with van der Waals surface area (Å²) < 4.78 is 0. The average Bonchev–Trinajstić information content (AvgIpc) is 2.36. The van der Waals surface area contributed by atoms with Crippen LogP contribution in [-0.2, 0) is 6.54 Å². The van der Waals surface area contributed by atoms with Crippen molar-refractivity contribution in [3.63, 3.8) is 0 Å². The first-order chi connectivity index (χ1) is 8.67. The third kappa shape index (κ3) is 5.12. The number of nitriles is 1. The zero-order valence-corrected chi connectivity index (χ0v) is 12.3. The van der Waals surface area contributed by atoms with E-state index in [1.54, 1.807) is 11.8 Å². The molecule has 1 aromatic rings. The molecule has 0 amide bonds. The number of hydrogen-bond donors (Lipinski definition) is 1. The first-order valence-electron chi connectivity index (χ1n) is 6.54. The van der Waals surface area contributed by atoms with Crippen LogP contribution in [0.15, 0.2) is 23.1 Å². The van der Waals surface area contributed by atoms with E-state index < -0.39 is 0 Å². The molecule has 0 aromatic heterocycles. The molecule has 0 heterocycles. The lowest BCUT2D eigenvalue weighted by Crippen LogP contribution is -2.11. The van der Waals surface area contributed by atoms with E-state index in [1.165, 1.54) is 12.0 Å². The molecular formula is C15H22N2S. The van der Waals surface area contributed by atoms with Gasteiger partial charge in [0.05, 0.1) is 5.56 Å². The van der Waals surface area contributed by atoms with E-state index in [9.17, 15) is 5.26 Å². The molecule has 0 fully saturated rings. The van der Waals surface area contributed by atoms with Gasteiger partial charge in [0.25, 0.3) is 0 Å². The molecule has 0 saturated carbocycles. The highest BCUT2D eigenvalue weighted by atomic mass is 32.2. The van der Waals surface area contributed by atoms with Crippen molar-refractivity contribution in [3.8, 4) is 6.07 Å². The molecule has 98 valence electrons. The van der Waals surface area contributed by atoms with E-state index in [0.717, 1.165) is 35.2 Å². The van der Waals surface area contributed by atoms with Gasteiger partial charge >= 0.3 is 0 Å². The zero-order valence-electron chi connectivity index (χ0n) is 11.5. The van der Waals surface area contributed by atoms with Gasteiger partial charge in [-0.25, -0.2) is 0 Å². The SMILES string of the molecule is CCNCc1ccc(SCCC(C)C)c(C#N)c1. The Hall–Kier alpha value is -0.980. The van der Waals surface area contributed by atoms with Crippen LogP contribution in [0.25, 0.3) is 0 Å². The molecule has 1 aromatic carbocycles. The monoisotopic (exact) mass is 262 g/mol. The largest absolute Gasteiger partial charge is 0.313 e. The van der Waals surface area contributed by atoms with Crippen LogP contribution in [0.5, 0.6) is 0 Å². The van der Waals surface area contributed by atoms with E-state index in [-0.39, 0.29) is 0 Å². The lowest BCUT2D eigenvalue weighted by atomic mass is 10.1. The van der Waals surface area contributed by atoms with E-state index in [1.807, 2.05) is 6.07 Å². The fourth-order valence-electron chi connectivity index (χ4n) is 1.57. The predicted molar refractivity (Wildman–Crippen MR) is 78.7 cm³/mol. The van der Waals surface area contributed by atoms with Gasteiger partial charge in [0.1, 0.15) is 6.07 Å². The highest BCUT2D eigenvalue weighted by molar-refractivity contribution is 7.99. The van der Waals surface area contributed by atoms with Crippen molar-refractivity contribution < 1.29 is 0 Å². The van der Waals surface area contributed by atoms with Crippen LogP contribution in [-0.4, -0.2) is 12.3 Å². The summed E-state index contributed by atoms with van der Waals surface area (Å²) in [5.74, 6) is 1.80. The van der Waals surface area contributed by atoms with Crippen LogP contribution in [0.4, 0.5) is 0 Å². The van der Waals surface area contributed by atoms with Crippen molar-refractivity contribution >= 4 is 11.8 Å². The number of thioether (sulfide) groups is 1. The van der Waals surface area contributed by atoms with Gasteiger partial charge in [0.15, 0.2) is 0 Å². The van der Waals surface area contributed by atoms with Crippen molar-refractivity contribution in [2.45, 2.75) is 38.6 Å². The van der Waals surface area contributed by atoms with Gasteiger partial charge < -0.3 is 5.32 Å². The fourth-order valence-corrected chi connectivity index (χ4v) is 2.81. The summed E-state index contributed by atoms with van der Waals surface area (Å²) in [6, 6.07) is 8.49. The molecule has 18 heavy (non-hydrogen) atoms. The van der Waals surface area contributed by atoms with Crippen LogP contribution in [0.1, 0.15) is 38.3 Å². The van der Waals surface area contributed by atoms with E-state index in [0.29, 0.717) is 0 Å². The number of rotatable bonds is 7. The molecule has 0 bridgehead atoms. The maximum Gasteiger partial charge on any atom is 0.100 e. The molecule has 2 nitrogen and oxygen atoms in total. The van der Waals surface area contributed by atoms with Crippen LogP contribution in [0.2, 0.25) is 0 Å². The Kier molecular flexibility index (Phi) is 6.85. The highest BCUT2D eigenvalue weighted by Gasteiger charge is 2.05. The second-order valence-corrected chi connectivity index (χ2v) is 5.89. The number of hydrogen-bond acceptors (Lipinski definition) is 3. The molecule has 0 spiro atoms. The summed E-state index contributed by atoms with van der Waals surface area (Å²) in [5.41, 5.74) is 1.99. The molecule has 0 aliphatic rings. The minimum Gasteiger partial charge on any atom is -0.313 e. The zero-order chi connectivity index (χ0) is 13.4. The summed E-state index contributed by atoms with van der Waals surface area (Å²) >= 11 is 1.79. The minimum absolute atomic E-state index is 0.719. The molecule has 0 atom stereocenters. The average molecular weight is 262 g/mol. The Morgan fingerprint density at radius 1 is 1.39 bits per heavy atom. The third-order valence-corrected chi connectivity index (χ3v) is 3.80. The topological polar surface area (TPSA) is 35.8 Å². The standard InChI is InChI=1S/C15H22N2S/c1-4-17-11-13-5-6-15(14(9-13)10-16)18-8-7-12(2)3/h5-6,9,12,17H,4,7-8,11H2,1-3H3. The Morgan fingerprint density at radius 2 is 2.17 bits per heavy atom. The van der Waals surface area contributed by atoms with Crippen molar-refractivity contribution in [2.24, 2.45) is 5.92 Å². The van der Waals surface area contributed by atoms with Crippen LogP contribution in [0.3, 0.4) is 0 Å². The van der Waals surface area contributed by atoms with Gasteiger partial charge in [-0.1, -0.05) is 26.8 Å². The van der Waals surface area contributed by atoms with Gasteiger partial charge in [0.2, 0.25) is 0 Å². The van der Waals surface area contributed by atoms with Crippen LogP contribution in [0, 0.1) is 17.2 Å². The smallest absolute Gasteiger partial charge is 0.100 e. The summed E-state index contributed by atoms with van der Waals surface area (Å²) in [6.07, 6.45) is 1.19. The lowest BCUT2D eigenvalue weighted by Gasteiger charge is -2.08. The first-order valence-corrected chi connectivity index (χ1v) is 7.52. The van der Waals surface area contributed by atoms with E-state index in [4.69, 9.17) is 0 Å². The molecule has 0 saturated heterocycles. The highest BCUT2D eigenvalue weighted by Crippen LogP contribution is 2.25. The Bertz CT molecular complexity index is 407. The summed E-state index contributed by atoms with van der Waals surface area (Å²) in [4.78, 5) is 1.11. The summed E-state index contributed by atoms with van der Waals surface area (Å²) in [5, 5.41) is 12.5. The third-order valence-electron chi connectivity index (χ3n) is 2.70. The second-order valence-electron chi connectivity index (χ2n) is 4.75. The minimum atomic E-state index is 0.719. The number of benzene rings is 1. The molecular weight excluding hydrogens is 240 g/mol. The van der Waals surface area contributed by atoms with Gasteiger partial charge in [0, 0.05) is 11.4 Å². The maximum absolute atomic E-state index is 9.19. The van der Waals surface area contributed by atoms with Gasteiger partial charge in [-0.3, -0.25) is 0 Å². The van der Waals surface area contributed by atoms with Gasteiger partial charge in [-0.15, -0.1) is 11.8 Å². The first kappa shape index (κ1) is 15.1. The van der Waals surface area contributed by atoms with Crippen molar-refractivity contribution in [1.82, 2.24) is 5.32 Å². The molecule has 3 heteroatoms.